The van der Waals surface area contributed by atoms with Gasteiger partial charge < -0.3 is 10.2 Å². The molecule has 108 valence electrons. The zero-order valence-corrected chi connectivity index (χ0v) is 12.4. The summed E-state index contributed by atoms with van der Waals surface area (Å²) in [5.41, 5.74) is 2.38. The number of anilines is 1. The summed E-state index contributed by atoms with van der Waals surface area (Å²) in [5, 5.41) is 3.37. The first-order valence-electron chi connectivity index (χ1n) is 7.76. The monoisotopic (exact) mass is 272 g/mol. The van der Waals surface area contributed by atoms with Crippen molar-refractivity contribution in [1.29, 1.82) is 0 Å². The van der Waals surface area contributed by atoms with Crippen LogP contribution in [-0.2, 0) is 11.2 Å². The minimum absolute atomic E-state index is 0.0744. The van der Waals surface area contributed by atoms with Crippen molar-refractivity contribution in [3.05, 3.63) is 29.8 Å². The van der Waals surface area contributed by atoms with Gasteiger partial charge in [-0.05, 0) is 30.4 Å². The highest BCUT2D eigenvalue weighted by Crippen LogP contribution is 2.29. The lowest BCUT2D eigenvalue weighted by Gasteiger charge is -2.35. The molecule has 0 spiro atoms. The predicted molar refractivity (Wildman–Crippen MR) is 81.7 cm³/mol. The molecular weight excluding hydrogens is 248 g/mol. The Morgan fingerprint density at radius 2 is 2.10 bits per heavy atom. The summed E-state index contributed by atoms with van der Waals surface area (Å²) in [7, 11) is 1.98. The Balaban J connectivity index is 1.65. The van der Waals surface area contributed by atoms with Crippen molar-refractivity contribution in [3.8, 4) is 0 Å². The predicted octanol–water partition coefficient (Wildman–Crippen LogP) is 3.06. The Bertz CT molecular complexity index is 475. The summed E-state index contributed by atoms with van der Waals surface area (Å²) in [6.45, 7) is 2.30. The zero-order valence-electron chi connectivity index (χ0n) is 12.4. The van der Waals surface area contributed by atoms with Gasteiger partial charge in [-0.25, -0.2) is 0 Å². The number of carbonyl (C=O) groups is 1. The van der Waals surface area contributed by atoms with Crippen LogP contribution in [0.25, 0.3) is 0 Å². The van der Waals surface area contributed by atoms with Crippen molar-refractivity contribution >= 4 is 11.6 Å². The molecule has 1 aliphatic carbocycles. The number of hydrogen-bond donors (Lipinski definition) is 1. The first-order valence-corrected chi connectivity index (χ1v) is 7.76. The minimum Gasteiger partial charge on any atom is -0.373 e. The summed E-state index contributed by atoms with van der Waals surface area (Å²) in [6, 6.07) is 8.58. The number of amides is 1. The summed E-state index contributed by atoms with van der Waals surface area (Å²) < 4.78 is 0. The Hall–Kier alpha value is -1.51. The number of likely N-dealkylation sites (N-methyl/N-ethyl adjacent to an activating group) is 1. The number of nitrogens with one attached hydrogen (secondary N) is 1. The van der Waals surface area contributed by atoms with Gasteiger partial charge in [-0.2, -0.15) is 0 Å². The molecule has 0 bridgehead atoms. The van der Waals surface area contributed by atoms with Crippen LogP contribution in [0.5, 0.6) is 0 Å². The maximum absolute atomic E-state index is 12.7. The van der Waals surface area contributed by atoms with Crippen LogP contribution in [0.15, 0.2) is 24.3 Å². The third-order valence-electron chi connectivity index (χ3n) is 4.87. The second kappa shape index (κ2) is 5.47. The number of carbonyl (C=O) groups excluding carboxylic acids is 1. The molecule has 3 nitrogen and oxygen atoms in total. The second-order valence-corrected chi connectivity index (χ2v) is 6.43. The highest BCUT2D eigenvalue weighted by molar-refractivity contribution is 5.87. The summed E-state index contributed by atoms with van der Waals surface area (Å²) in [5.74, 6) is 0.998. The number of benzene rings is 1. The van der Waals surface area contributed by atoms with Crippen molar-refractivity contribution in [1.82, 2.24) is 4.90 Å². The number of rotatable bonds is 2. The molecule has 3 heteroatoms. The SMILES string of the molecule is CC1CCCC(N(C)C(=O)C2Cc3ccccc3N2)C1. The van der Waals surface area contributed by atoms with Crippen LogP contribution in [-0.4, -0.2) is 29.9 Å². The van der Waals surface area contributed by atoms with E-state index in [1.165, 1.54) is 18.4 Å². The first kappa shape index (κ1) is 13.5. The van der Waals surface area contributed by atoms with Crippen molar-refractivity contribution in [2.24, 2.45) is 5.92 Å². The smallest absolute Gasteiger partial charge is 0.245 e. The fraction of sp³-hybridized carbons (Fsp3) is 0.588. The molecule has 3 atom stereocenters. The summed E-state index contributed by atoms with van der Waals surface area (Å²) in [6.07, 6.45) is 5.70. The molecule has 1 amide bonds. The molecule has 2 aliphatic rings. The summed E-state index contributed by atoms with van der Waals surface area (Å²) in [4.78, 5) is 14.7. The van der Waals surface area contributed by atoms with Crippen LogP contribution in [0.3, 0.4) is 0 Å². The number of hydrogen-bond acceptors (Lipinski definition) is 2. The van der Waals surface area contributed by atoms with Crippen LogP contribution in [0.2, 0.25) is 0 Å². The van der Waals surface area contributed by atoms with E-state index in [9.17, 15) is 4.79 Å². The maximum atomic E-state index is 12.7. The second-order valence-electron chi connectivity index (χ2n) is 6.43. The molecule has 0 aromatic heterocycles. The minimum atomic E-state index is -0.0744. The third kappa shape index (κ3) is 2.54. The van der Waals surface area contributed by atoms with E-state index in [1.807, 2.05) is 24.1 Å². The van der Waals surface area contributed by atoms with Crippen molar-refractivity contribution in [2.45, 2.75) is 51.1 Å². The van der Waals surface area contributed by atoms with E-state index in [0.717, 1.165) is 30.9 Å². The van der Waals surface area contributed by atoms with Crippen LogP contribution in [0.1, 0.15) is 38.2 Å². The van der Waals surface area contributed by atoms with Crippen LogP contribution < -0.4 is 5.32 Å². The van der Waals surface area contributed by atoms with Gasteiger partial charge in [-0.1, -0.05) is 38.0 Å². The molecule has 1 aromatic rings. The molecule has 0 radical (unpaired) electrons. The fourth-order valence-electron chi connectivity index (χ4n) is 3.63. The van der Waals surface area contributed by atoms with E-state index in [1.54, 1.807) is 0 Å². The van der Waals surface area contributed by atoms with Gasteiger partial charge in [0.15, 0.2) is 0 Å². The van der Waals surface area contributed by atoms with E-state index in [2.05, 4.69) is 24.4 Å². The Morgan fingerprint density at radius 3 is 2.85 bits per heavy atom. The highest BCUT2D eigenvalue weighted by atomic mass is 16.2. The van der Waals surface area contributed by atoms with Gasteiger partial charge in [0, 0.05) is 25.2 Å². The molecule has 1 fully saturated rings. The standard InChI is InChI=1S/C17H24N2O/c1-12-6-5-8-14(10-12)19(2)17(20)16-11-13-7-3-4-9-15(13)18-16/h3-4,7,9,12,14,16,18H,5-6,8,10-11H2,1-2H3. The molecule has 1 saturated carbocycles. The van der Waals surface area contributed by atoms with Gasteiger partial charge in [0.1, 0.15) is 6.04 Å². The average Bonchev–Trinajstić information content (AvgIpc) is 2.89. The van der Waals surface area contributed by atoms with E-state index >= 15 is 0 Å². The molecule has 1 N–H and O–H groups in total. The van der Waals surface area contributed by atoms with Crippen LogP contribution in [0, 0.1) is 5.92 Å². The molecule has 3 rings (SSSR count). The van der Waals surface area contributed by atoms with E-state index in [4.69, 9.17) is 0 Å². The van der Waals surface area contributed by atoms with Crippen LogP contribution >= 0.6 is 0 Å². The molecule has 1 heterocycles. The maximum Gasteiger partial charge on any atom is 0.245 e. The van der Waals surface area contributed by atoms with Gasteiger partial charge in [-0.15, -0.1) is 0 Å². The molecule has 3 unspecified atom stereocenters. The third-order valence-corrected chi connectivity index (χ3v) is 4.87. The normalized spacial score (nSPS) is 28.6. The average molecular weight is 272 g/mol. The van der Waals surface area contributed by atoms with E-state index in [0.29, 0.717) is 6.04 Å². The van der Waals surface area contributed by atoms with Gasteiger partial charge in [0.05, 0.1) is 0 Å². The molecule has 0 saturated heterocycles. The fourth-order valence-corrected chi connectivity index (χ4v) is 3.63. The Morgan fingerprint density at radius 1 is 1.30 bits per heavy atom. The van der Waals surface area contributed by atoms with Gasteiger partial charge in [0.25, 0.3) is 0 Å². The lowest BCUT2D eigenvalue weighted by atomic mass is 9.86. The van der Waals surface area contributed by atoms with Crippen LogP contribution in [0.4, 0.5) is 5.69 Å². The largest absolute Gasteiger partial charge is 0.373 e. The van der Waals surface area contributed by atoms with Crippen molar-refractivity contribution < 1.29 is 4.79 Å². The highest BCUT2D eigenvalue weighted by Gasteiger charge is 2.32. The van der Waals surface area contributed by atoms with Gasteiger partial charge in [-0.3, -0.25) is 4.79 Å². The molecular formula is C17H24N2O. The van der Waals surface area contributed by atoms with Gasteiger partial charge >= 0.3 is 0 Å². The quantitative estimate of drug-likeness (QED) is 0.897. The summed E-state index contributed by atoms with van der Waals surface area (Å²) >= 11 is 0. The van der Waals surface area contributed by atoms with Crippen molar-refractivity contribution in [3.63, 3.8) is 0 Å². The topological polar surface area (TPSA) is 32.3 Å². The Kier molecular flexibility index (Phi) is 3.68. The molecule has 20 heavy (non-hydrogen) atoms. The zero-order chi connectivity index (χ0) is 14.1. The lowest BCUT2D eigenvalue weighted by molar-refractivity contribution is -0.133. The van der Waals surface area contributed by atoms with Gasteiger partial charge in [0.2, 0.25) is 5.91 Å². The molecule has 1 aliphatic heterocycles. The van der Waals surface area contributed by atoms with E-state index in [-0.39, 0.29) is 11.9 Å². The Labute approximate surface area is 121 Å². The molecule has 1 aromatic carbocycles. The lowest BCUT2D eigenvalue weighted by Crippen LogP contribution is -2.46. The number of fused-ring (bicyclic) bond motifs is 1. The van der Waals surface area contributed by atoms with Crippen molar-refractivity contribution in [2.75, 3.05) is 12.4 Å². The number of para-hydroxylation sites is 1. The van der Waals surface area contributed by atoms with E-state index < -0.39 is 0 Å². The first-order chi connectivity index (χ1) is 9.65. The number of nitrogens with zero attached hydrogens (tertiary/aromatic N) is 1.